The maximum atomic E-state index is 12.0. The van der Waals surface area contributed by atoms with Crippen molar-refractivity contribution in [1.82, 2.24) is 25.5 Å². The molecule has 0 bridgehead atoms. The molecule has 0 spiro atoms. The number of nitrogens with zero attached hydrogens (tertiary/aromatic N) is 3. The minimum atomic E-state index is -0.495. The molecule has 8 nitrogen and oxygen atoms in total. The zero-order chi connectivity index (χ0) is 21.6. The first-order chi connectivity index (χ1) is 13.6. The molecular formula is C20H30N6O2S. The van der Waals surface area contributed by atoms with Crippen LogP contribution in [0.2, 0.25) is 0 Å². The van der Waals surface area contributed by atoms with Gasteiger partial charge in [0.15, 0.2) is 5.82 Å². The van der Waals surface area contributed by atoms with Gasteiger partial charge in [-0.25, -0.2) is 9.47 Å². The number of nitrogens with one attached hydrogen (secondary N) is 2. The van der Waals surface area contributed by atoms with Crippen LogP contribution in [0.4, 0.5) is 4.79 Å². The van der Waals surface area contributed by atoms with Gasteiger partial charge in [0.1, 0.15) is 0 Å². The minimum absolute atomic E-state index is 0.00982. The third kappa shape index (κ3) is 6.77. The Balaban J connectivity index is 1.91. The van der Waals surface area contributed by atoms with Crippen molar-refractivity contribution in [2.24, 2.45) is 5.92 Å². The van der Waals surface area contributed by atoms with Crippen molar-refractivity contribution < 1.29 is 9.59 Å². The third-order valence-corrected chi connectivity index (χ3v) is 5.21. The molecule has 2 aromatic rings. The van der Waals surface area contributed by atoms with Gasteiger partial charge < -0.3 is 11.2 Å². The number of hydrogen-bond acceptors (Lipinski definition) is 6. The average molecular weight is 419 g/mol. The molecule has 0 saturated carbocycles. The highest BCUT2D eigenvalue weighted by molar-refractivity contribution is 7.99. The zero-order valence-corrected chi connectivity index (χ0v) is 18.5. The summed E-state index contributed by atoms with van der Waals surface area (Å²) in [6.45, 7) is 11.1. The number of amides is 3. The van der Waals surface area contributed by atoms with Crippen LogP contribution in [0.1, 0.15) is 46.6 Å². The predicted molar refractivity (Wildman–Crippen MR) is 116 cm³/mol. The predicted octanol–water partition coefficient (Wildman–Crippen LogP) is 2.92. The van der Waals surface area contributed by atoms with Crippen LogP contribution in [0.5, 0.6) is 0 Å². The zero-order valence-electron chi connectivity index (χ0n) is 17.7. The van der Waals surface area contributed by atoms with E-state index in [0.29, 0.717) is 23.4 Å². The van der Waals surface area contributed by atoms with E-state index in [1.165, 1.54) is 10.2 Å². The number of carbonyl (C=O) groups is 2. The van der Waals surface area contributed by atoms with Crippen molar-refractivity contribution in [2.75, 3.05) is 18.1 Å². The van der Waals surface area contributed by atoms with Crippen LogP contribution in [0.3, 0.4) is 0 Å². The number of hydrogen-bond donors (Lipinski definition) is 3. The molecule has 9 heteroatoms. The first kappa shape index (κ1) is 22.7. The summed E-state index contributed by atoms with van der Waals surface area (Å²) >= 11 is 1.12. The molecule has 0 saturated heterocycles. The van der Waals surface area contributed by atoms with Gasteiger partial charge in [0, 0.05) is 12.1 Å². The second kappa shape index (κ2) is 9.78. The summed E-state index contributed by atoms with van der Waals surface area (Å²) in [5.41, 5.74) is 2.11. The number of urea groups is 1. The molecular weight excluding hydrogens is 388 g/mol. The number of benzene rings is 1. The van der Waals surface area contributed by atoms with Crippen LogP contribution >= 0.6 is 11.8 Å². The number of nitrogens with two attached hydrogens (primary N) is 1. The SMILES string of the molecule is CC(C)CCNC(=O)NC(=O)CSc1nnc(-c2ccc(C(C)(C)C)cc2)n1N. The highest BCUT2D eigenvalue weighted by Gasteiger charge is 2.17. The van der Waals surface area contributed by atoms with Gasteiger partial charge in [0.2, 0.25) is 11.1 Å². The van der Waals surface area contributed by atoms with Gasteiger partial charge in [-0.2, -0.15) is 0 Å². The van der Waals surface area contributed by atoms with Gasteiger partial charge in [0.05, 0.1) is 5.75 Å². The number of thioether (sulfide) groups is 1. The number of imide groups is 1. The second-order valence-corrected chi connectivity index (χ2v) is 9.22. The summed E-state index contributed by atoms with van der Waals surface area (Å²) in [6, 6.07) is 7.50. The molecule has 3 amide bonds. The highest BCUT2D eigenvalue weighted by atomic mass is 32.2. The lowest BCUT2D eigenvalue weighted by Crippen LogP contribution is -2.40. The Morgan fingerprint density at radius 1 is 1.17 bits per heavy atom. The number of carbonyl (C=O) groups excluding carboxylic acids is 2. The molecule has 4 N–H and O–H groups in total. The molecule has 0 fully saturated rings. The summed E-state index contributed by atoms with van der Waals surface area (Å²) in [5, 5.41) is 13.5. The smallest absolute Gasteiger partial charge is 0.321 e. The molecule has 29 heavy (non-hydrogen) atoms. The summed E-state index contributed by atoms with van der Waals surface area (Å²) < 4.78 is 1.35. The fourth-order valence-corrected chi connectivity index (χ4v) is 3.16. The van der Waals surface area contributed by atoms with Crippen molar-refractivity contribution in [1.29, 1.82) is 0 Å². The van der Waals surface area contributed by atoms with Crippen LogP contribution in [-0.2, 0) is 10.2 Å². The van der Waals surface area contributed by atoms with Crippen LogP contribution in [0.25, 0.3) is 11.4 Å². The van der Waals surface area contributed by atoms with Crippen molar-refractivity contribution in [3.8, 4) is 11.4 Å². The fraction of sp³-hybridized carbons (Fsp3) is 0.500. The van der Waals surface area contributed by atoms with Gasteiger partial charge in [-0.1, -0.05) is 70.6 Å². The summed E-state index contributed by atoms with van der Waals surface area (Å²) in [4.78, 5) is 23.6. The Bertz CT molecular complexity index is 840. The number of nitrogen functional groups attached to an aromatic ring is 1. The molecule has 0 aliphatic carbocycles. The minimum Gasteiger partial charge on any atom is -0.338 e. The van der Waals surface area contributed by atoms with E-state index in [2.05, 4.69) is 55.4 Å². The monoisotopic (exact) mass is 418 g/mol. The van der Waals surface area contributed by atoms with E-state index in [1.807, 2.05) is 24.3 Å². The second-order valence-electron chi connectivity index (χ2n) is 8.28. The lowest BCUT2D eigenvalue weighted by molar-refractivity contribution is -0.117. The lowest BCUT2D eigenvalue weighted by atomic mass is 9.87. The van der Waals surface area contributed by atoms with Crippen molar-refractivity contribution >= 4 is 23.7 Å². The van der Waals surface area contributed by atoms with Gasteiger partial charge in [-0.15, -0.1) is 10.2 Å². The standard InChI is InChI=1S/C20H30N6O2S/c1-13(2)10-11-22-18(28)23-16(27)12-29-19-25-24-17(26(19)21)14-6-8-15(9-7-14)20(3,4)5/h6-9,13H,10-12,21H2,1-5H3,(H2,22,23,27,28). The first-order valence-electron chi connectivity index (χ1n) is 9.60. The number of aromatic nitrogens is 3. The van der Waals surface area contributed by atoms with Gasteiger partial charge in [-0.05, 0) is 23.3 Å². The van der Waals surface area contributed by atoms with Crippen LogP contribution < -0.4 is 16.5 Å². The van der Waals surface area contributed by atoms with E-state index < -0.39 is 11.9 Å². The highest BCUT2D eigenvalue weighted by Crippen LogP contribution is 2.26. The summed E-state index contributed by atoms with van der Waals surface area (Å²) in [6.07, 6.45) is 0.853. The molecule has 158 valence electrons. The van der Waals surface area contributed by atoms with Crippen LogP contribution in [0, 0.1) is 5.92 Å². The van der Waals surface area contributed by atoms with Crippen molar-refractivity contribution in [3.63, 3.8) is 0 Å². The largest absolute Gasteiger partial charge is 0.338 e. The summed E-state index contributed by atoms with van der Waals surface area (Å²) in [7, 11) is 0. The molecule has 2 rings (SSSR count). The fourth-order valence-electron chi connectivity index (χ4n) is 2.50. The molecule has 1 aromatic heterocycles. The molecule has 0 unspecified atom stereocenters. The Labute approximate surface area is 176 Å². The topological polar surface area (TPSA) is 115 Å². The van der Waals surface area contributed by atoms with Gasteiger partial charge in [0.25, 0.3) is 0 Å². The van der Waals surface area contributed by atoms with Gasteiger partial charge in [-0.3, -0.25) is 10.1 Å². The quantitative estimate of drug-likeness (QED) is 0.470. The van der Waals surface area contributed by atoms with E-state index >= 15 is 0 Å². The normalized spacial score (nSPS) is 11.5. The Kier molecular flexibility index (Phi) is 7.66. The van der Waals surface area contributed by atoms with E-state index in [-0.39, 0.29) is 11.2 Å². The maximum absolute atomic E-state index is 12.0. The Morgan fingerprint density at radius 3 is 2.41 bits per heavy atom. The first-order valence-corrected chi connectivity index (χ1v) is 10.6. The molecule has 0 radical (unpaired) electrons. The molecule has 1 heterocycles. The van der Waals surface area contributed by atoms with E-state index in [4.69, 9.17) is 5.84 Å². The number of rotatable bonds is 7. The van der Waals surface area contributed by atoms with Gasteiger partial charge >= 0.3 is 6.03 Å². The molecule has 0 atom stereocenters. The van der Waals surface area contributed by atoms with Crippen LogP contribution in [0.15, 0.2) is 29.4 Å². The van der Waals surface area contributed by atoms with Crippen molar-refractivity contribution in [3.05, 3.63) is 29.8 Å². The maximum Gasteiger partial charge on any atom is 0.321 e. The van der Waals surface area contributed by atoms with E-state index in [1.54, 1.807) is 0 Å². The third-order valence-electron chi connectivity index (χ3n) is 4.27. The Hall–Kier alpha value is -2.55. The molecule has 0 aliphatic heterocycles. The summed E-state index contributed by atoms with van der Waals surface area (Å²) in [5.74, 6) is 6.69. The molecule has 0 aliphatic rings. The average Bonchev–Trinajstić information content (AvgIpc) is 2.99. The van der Waals surface area contributed by atoms with Crippen LogP contribution in [-0.4, -0.2) is 39.1 Å². The van der Waals surface area contributed by atoms with Crippen molar-refractivity contribution in [2.45, 2.75) is 51.6 Å². The van der Waals surface area contributed by atoms with E-state index in [0.717, 1.165) is 23.7 Å². The Morgan fingerprint density at radius 2 is 1.83 bits per heavy atom. The lowest BCUT2D eigenvalue weighted by Gasteiger charge is -2.19. The van der Waals surface area contributed by atoms with E-state index in [9.17, 15) is 9.59 Å². The molecule has 1 aromatic carbocycles.